The minimum atomic E-state index is -1.31. The third-order valence-corrected chi connectivity index (χ3v) is 8.54. The second-order valence-corrected chi connectivity index (χ2v) is 16.7. The first kappa shape index (κ1) is 28.4. The molecule has 1 aromatic heterocycles. The zero-order valence-corrected chi connectivity index (χ0v) is 23.6. The van der Waals surface area contributed by atoms with E-state index in [1.807, 2.05) is 18.2 Å². The van der Waals surface area contributed by atoms with Crippen molar-refractivity contribution in [1.82, 2.24) is 25.1 Å². The second kappa shape index (κ2) is 12.5. The van der Waals surface area contributed by atoms with Crippen LogP contribution in [0, 0.1) is 11.6 Å². The number of carbonyl (C=O) groups excluding carboxylic acids is 2. The monoisotopic (exact) mass is 555 g/mol. The maximum atomic E-state index is 14.5. The Kier molecular flexibility index (Phi) is 9.11. The number of likely N-dealkylation sites (tertiary alicyclic amines) is 1. The van der Waals surface area contributed by atoms with E-state index in [9.17, 15) is 18.4 Å². The van der Waals surface area contributed by atoms with Gasteiger partial charge in [0, 0.05) is 57.8 Å². The smallest absolute Gasteiger partial charge is 0.409 e. The number of urea groups is 1. The molecule has 208 valence electrons. The Bertz CT molecular complexity index is 1310. The van der Waals surface area contributed by atoms with Crippen LogP contribution in [0.1, 0.15) is 24.0 Å². The third-order valence-electron chi connectivity index (χ3n) is 6.84. The number of rotatable bonds is 8. The average Bonchev–Trinajstić information content (AvgIpc) is 2.90. The van der Waals surface area contributed by atoms with Crippen molar-refractivity contribution in [1.29, 1.82) is 0 Å². The molecule has 2 heterocycles. The van der Waals surface area contributed by atoms with E-state index in [0.29, 0.717) is 32.5 Å². The number of nitrogens with one attached hydrogen (secondary N) is 1. The van der Waals surface area contributed by atoms with Crippen molar-refractivity contribution in [2.24, 2.45) is 0 Å². The Hall–Kier alpha value is -3.60. The predicted octanol–water partition coefficient (Wildman–Crippen LogP) is 5.56. The highest BCUT2D eigenvalue weighted by atomic mass is 28.3. The number of hydrogen-bond acceptors (Lipinski definition) is 5. The van der Waals surface area contributed by atoms with Gasteiger partial charge in [-0.3, -0.25) is 9.97 Å². The van der Waals surface area contributed by atoms with Gasteiger partial charge in [-0.25, -0.2) is 18.4 Å². The molecule has 0 aliphatic carbocycles. The van der Waals surface area contributed by atoms with Gasteiger partial charge in [-0.1, -0.05) is 31.8 Å². The van der Waals surface area contributed by atoms with Crippen molar-refractivity contribution in [3.8, 4) is 0 Å². The molecule has 1 N–H and O–H groups in total. The largest absolute Gasteiger partial charge is 0.450 e. The summed E-state index contributed by atoms with van der Waals surface area (Å²) >= 11 is 0. The predicted molar refractivity (Wildman–Crippen MR) is 148 cm³/mol. The van der Waals surface area contributed by atoms with Crippen LogP contribution in [-0.2, 0) is 17.8 Å². The van der Waals surface area contributed by atoms with Crippen LogP contribution in [0.4, 0.5) is 18.4 Å². The van der Waals surface area contributed by atoms with Crippen molar-refractivity contribution in [2.75, 3.05) is 19.7 Å². The zero-order chi connectivity index (χ0) is 28.0. The van der Waals surface area contributed by atoms with Gasteiger partial charge in [-0.2, -0.15) is 0 Å². The molecule has 2 aromatic carbocycles. The van der Waals surface area contributed by atoms with E-state index in [-0.39, 0.29) is 36.8 Å². The maximum Gasteiger partial charge on any atom is 0.409 e. The molecule has 8 nitrogen and oxygen atoms in total. The van der Waals surface area contributed by atoms with Gasteiger partial charge in [-0.05, 0) is 42.6 Å². The summed E-state index contributed by atoms with van der Waals surface area (Å²) in [7, 11) is -1.31. The van der Waals surface area contributed by atoms with E-state index < -0.39 is 19.7 Å². The van der Waals surface area contributed by atoms with Crippen molar-refractivity contribution in [2.45, 2.75) is 57.7 Å². The van der Waals surface area contributed by atoms with Gasteiger partial charge < -0.3 is 19.9 Å². The molecular weight excluding hydrogens is 520 g/mol. The van der Waals surface area contributed by atoms with Crippen LogP contribution in [-0.4, -0.2) is 65.7 Å². The third kappa shape index (κ3) is 7.95. The number of aromatic nitrogens is 2. The van der Waals surface area contributed by atoms with Gasteiger partial charge in [0.1, 0.15) is 11.6 Å². The van der Waals surface area contributed by atoms with E-state index in [2.05, 4.69) is 34.9 Å². The number of piperidine rings is 1. The summed E-state index contributed by atoms with van der Waals surface area (Å²) < 4.78 is 33.5. The fourth-order valence-electron chi connectivity index (χ4n) is 4.49. The van der Waals surface area contributed by atoms with Gasteiger partial charge >= 0.3 is 12.1 Å². The van der Waals surface area contributed by atoms with Crippen LogP contribution in [0.25, 0.3) is 11.0 Å². The number of carbonyl (C=O) groups is 2. The van der Waals surface area contributed by atoms with E-state index >= 15 is 0 Å². The number of ether oxygens (including phenoxy) is 1. The summed E-state index contributed by atoms with van der Waals surface area (Å²) in [5, 5.41) is 2.93. The lowest BCUT2D eigenvalue weighted by Gasteiger charge is -2.38. The van der Waals surface area contributed by atoms with Gasteiger partial charge in [0.2, 0.25) is 0 Å². The van der Waals surface area contributed by atoms with E-state index in [1.54, 1.807) is 22.2 Å². The van der Waals surface area contributed by atoms with E-state index in [1.165, 1.54) is 12.1 Å². The Labute approximate surface area is 228 Å². The first-order valence-corrected chi connectivity index (χ1v) is 16.9. The maximum absolute atomic E-state index is 14.5. The van der Waals surface area contributed by atoms with Crippen LogP contribution in [0.2, 0.25) is 25.7 Å². The van der Waals surface area contributed by atoms with Crippen LogP contribution >= 0.6 is 0 Å². The Morgan fingerprint density at radius 1 is 1.05 bits per heavy atom. The van der Waals surface area contributed by atoms with Crippen molar-refractivity contribution >= 4 is 31.2 Å². The van der Waals surface area contributed by atoms with Crippen LogP contribution in [0.3, 0.4) is 0 Å². The molecule has 1 aliphatic rings. The molecule has 0 spiro atoms. The average molecular weight is 556 g/mol. The van der Waals surface area contributed by atoms with Crippen LogP contribution < -0.4 is 5.32 Å². The van der Waals surface area contributed by atoms with E-state index in [0.717, 1.165) is 28.7 Å². The Morgan fingerprint density at radius 3 is 2.46 bits per heavy atom. The highest BCUT2D eigenvalue weighted by molar-refractivity contribution is 6.76. The second-order valence-electron chi connectivity index (χ2n) is 11.0. The number of halogens is 2. The highest BCUT2D eigenvalue weighted by Gasteiger charge is 2.31. The summed E-state index contributed by atoms with van der Waals surface area (Å²) in [5.74, 6) is -1.38. The summed E-state index contributed by atoms with van der Waals surface area (Å²) in [4.78, 5) is 37.7. The van der Waals surface area contributed by atoms with Gasteiger partial charge in [0.15, 0.2) is 0 Å². The molecule has 0 bridgehead atoms. The molecule has 0 atom stereocenters. The summed E-state index contributed by atoms with van der Waals surface area (Å²) in [6, 6.07) is 9.23. The lowest BCUT2D eigenvalue weighted by Crippen LogP contribution is -2.51. The molecule has 1 aliphatic heterocycles. The molecule has 4 rings (SSSR count). The Morgan fingerprint density at radius 2 is 1.77 bits per heavy atom. The van der Waals surface area contributed by atoms with E-state index in [4.69, 9.17) is 4.74 Å². The summed E-state index contributed by atoms with van der Waals surface area (Å²) in [6.07, 6.45) is 3.93. The molecule has 0 saturated carbocycles. The van der Waals surface area contributed by atoms with Crippen molar-refractivity contribution in [3.63, 3.8) is 0 Å². The summed E-state index contributed by atoms with van der Waals surface area (Å²) in [6.45, 7) is 8.17. The number of nitrogens with zero attached hydrogens (tertiary/aromatic N) is 4. The number of amides is 3. The molecular formula is C28H35F2N5O3Si. The molecule has 1 saturated heterocycles. The molecule has 39 heavy (non-hydrogen) atoms. The summed E-state index contributed by atoms with van der Waals surface area (Å²) in [5.41, 5.74) is 2.55. The first-order chi connectivity index (χ1) is 18.6. The molecule has 11 heteroatoms. The van der Waals surface area contributed by atoms with Gasteiger partial charge in [-0.15, -0.1) is 0 Å². The van der Waals surface area contributed by atoms with Crippen molar-refractivity contribution < 1.29 is 23.1 Å². The fourth-order valence-corrected chi connectivity index (χ4v) is 5.21. The van der Waals surface area contributed by atoms with Crippen LogP contribution in [0.5, 0.6) is 0 Å². The molecule has 0 radical (unpaired) electrons. The quantitative estimate of drug-likeness (QED) is 0.368. The first-order valence-electron chi connectivity index (χ1n) is 13.2. The molecule has 3 amide bonds. The number of benzene rings is 2. The minimum Gasteiger partial charge on any atom is -0.450 e. The van der Waals surface area contributed by atoms with Gasteiger partial charge in [0.05, 0.1) is 24.2 Å². The SMILES string of the molecule is C[Si](C)(C)CCOC(=O)N1CCC(N(Cc2ccc(F)cc2F)C(=O)NCc2ccc3nccnc3c2)CC1. The lowest BCUT2D eigenvalue weighted by atomic mass is 10.0. The number of hydrogen-bond donors (Lipinski definition) is 1. The highest BCUT2D eigenvalue weighted by Crippen LogP contribution is 2.22. The topological polar surface area (TPSA) is 87.7 Å². The van der Waals surface area contributed by atoms with Gasteiger partial charge in [0.25, 0.3) is 0 Å². The normalized spacial score (nSPS) is 14.3. The Balaban J connectivity index is 1.41. The minimum absolute atomic E-state index is 0.0214. The van der Waals surface area contributed by atoms with Crippen molar-refractivity contribution in [3.05, 3.63) is 71.6 Å². The number of fused-ring (bicyclic) bond motifs is 1. The molecule has 1 fully saturated rings. The molecule has 0 unspecified atom stereocenters. The lowest BCUT2D eigenvalue weighted by molar-refractivity contribution is 0.0796. The molecule has 3 aromatic rings. The fraction of sp³-hybridized carbons (Fsp3) is 0.429. The standard InChI is InChI=1S/C28H35F2N5O3Si/c1-39(2,3)15-14-38-28(37)34-12-8-23(9-13-34)35(19-21-5-6-22(29)17-24(21)30)27(36)33-18-20-4-7-25-26(16-20)32-11-10-31-25/h4-7,10-11,16-17,23H,8-9,12-15,18-19H2,1-3H3,(H,33,36). The van der Waals surface area contributed by atoms with Crippen LogP contribution in [0.15, 0.2) is 48.8 Å². The zero-order valence-electron chi connectivity index (χ0n) is 22.6.